The SMILES string of the molecule is CCNC(=NCc1ccc(NC(=O)c2ccco2)cc1)NCc1ccccc1OC. The van der Waals surface area contributed by atoms with Crippen LogP contribution in [0.25, 0.3) is 0 Å². The van der Waals surface area contributed by atoms with E-state index in [1.807, 2.05) is 55.5 Å². The van der Waals surface area contributed by atoms with Gasteiger partial charge in [-0.1, -0.05) is 30.3 Å². The van der Waals surface area contributed by atoms with Crippen LogP contribution in [0.4, 0.5) is 5.69 Å². The first kappa shape index (κ1) is 21.0. The molecule has 0 aliphatic carbocycles. The van der Waals surface area contributed by atoms with Gasteiger partial charge in [0.25, 0.3) is 5.91 Å². The van der Waals surface area contributed by atoms with Gasteiger partial charge in [-0.05, 0) is 42.8 Å². The Morgan fingerprint density at radius 3 is 2.53 bits per heavy atom. The molecule has 1 amide bonds. The van der Waals surface area contributed by atoms with E-state index in [4.69, 9.17) is 9.15 Å². The highest BCUT2D eigenvalue weighted by molar-refractivity contribution is 6.02. The van der Waals surface area contributed by atoms with Crippen molar-refractivity contribution < 1.29 is 13.9 Å². The summed E-state index contributed by atoms with van der Waals surface area (Å²) in [7, 11) is 1.67. The van der Waals surface area contributed by atoms with E-state index in [1.165, 1.54) is 6.26 Å². The predicted molar refractivity (Wildman–Crippen MR) is 118 cm³/mol. The lowest BCUT2D eigenvalue weighted by atomic mass is 10.2. The molecule has 3 aromatic rings. The van der Waals surface area contributed by atoms with Crippen molar-refractivity contribution in [2.75, 3.05) is 19.0 Å². The topological polar surface area (TPSA) is 87.9 Å². The molecule has 0 radical (unpaired) electrons. The normalized spacial score (nSPS) is 11.1. The van der Waals surface area contributed by atoms with Crippen LogP contribution in [0.15, 0.2) is 76.3 Å². The zero-order chi connectivity index (χ0) is 21.2. The molecule has 7 heteroatoms. The minimum Gasteiger partial charge on any atom is -0.496 e. The molecule has 0 aliphatic heterocycles. The monoisotopic (exact) mass is 406 g/mol. The van der Waals surface area contributed by atoms with Crippen LogP contribution in [0.1, 0.15) is 28.6 Å². The van der Waals surface area contributed by atoms with Crippen molar-refractivity contribution in [1.29, 1.82) is 0 Å². The third kappa shape index (κ3) is 5.88. The number of nitrogens with one attached hydrogen (secondary N) is 3. The molecule has 7 nitrogen and oxygen atoms in total. The number of rotatable bonds is 8. The van der Waals surface area contributed by atoms with Gasteiger partial charge in [-0.2, -0.15) is 0 Å². The van der Waals surface area contributed by atoms with Crippen molar-refractivity contribution in [3.8, 4) is 5.75 Å². The second-order valence-electron chi connectivity index (χ2n) is 6.49. The standard InChI is InChI=1S/C23H26N4O3/c1-3-24-23(26-16-18-7-4-5-8-20(18)29-2)25-15-17-10-12-19(13-11-17)27-22(28)21-9-6-14-30-21/h4-14H,3,15-16H2,1-2H3,(H,27,28)(H2,24,25,26). The number of guanidine groups is 1. The average Bonchev–Trinajstić information content (AvgIpc) is 3.32. The van der Waals surface area contributed by atoms with E-state index in [-0.39, 0.29) is 11.7 Å². The van der Waals surface area contributed by atoms with Crippen LogP contribution >= 0.6 is 0 Å². The molecule has 0 spiro atoms. The Balaban J connectivity index is 1.58. The van der Waals surface area contributed by atoms with Crippen molar-refractivity contribution >= 4 is 17.6 Å². The second-order valence-corrected chi connectivity index (χ2v) is 6.49. The highest BCUT2D eigenvalue weighted by Gasteiger charge is 2.08. The molecular formula is C23H26N4O3. The van der Waals surface area contributed by atoms with Crippen molar-refractivity contribution in [2.24, 2.45) is 4.99 Å². The summed E-state index contributed by atoms with van der Waals surface area (Å²) in [5.74, 6) is 1.56. The van der Waals surface area contributed by atoms with Crippen LogP contribution in [0.3, 0.4) is 0 Å². The van der Waals surface area contributed by atoms with Crippen LogP contribution in [0.5, 0.6) is 5.75 Å². The summed E-state index contributed by atoms with van der Waals surface area (Å²) in [6.45, 7) is 3.90. The van der Waals surface area contributed by atoms with Gasteiger partial charge in [-0.3, -0.25) is 4.79 Å². The van der Waals surface area contributed by atoms with E-state index in [1.54, 1.807) is 19.2 Å². The minimum absolute atomic E-state index is 0.277. The number of hydrogen-bond acceptors (Lipinski definition) is 4. The van der Waals surface area contributed by atoms with Gasteiger partial charge in [0.1, 0.15) is 5.75 Å². The van der Waals surface area contributed by atoms with Gasteiger partial charge < -0.3 is 25.1 Å². The maximum Gasteiger partial charge on any atom is 0.291 e. The van der Waals surface area contributed by atoms with Crippen LogP contribution < -0.4 is 20.7 Å². The van der Waals surface area contributed by atoms with Crippen molar-refractivity contribution in [1.82, 2.24) is 10.6 Å². The number of amides is 1. The number of benzene rings is 2. The van der Waals surface area contributed by atoms with Crippen LogP contribution in [-0.2, 0) is 13.1 Å². The summed E-state index contributed by atoms with van der Waals surface area (Å²) in [6, 6.07) is 18.8. The van der Waals surface area contributed by atoms with Crippen LogP contribution in [0, 0.1) is 0 Å². The number of furan rings is 1. The number of methoxy groups -OCH3 is 1. The quantitative estimate of drug-likeness (QED) is 0.391. The molecule has 0 saturated heterocycles. The van der Waals surface area contributed by atoms with E-state index in [0.29, 0.717) is 18.8 Å². The predicted octanol–water partition coefficient (Wildman–Crippen LogP) is 3.80. The minimum atomic E-state index is -0.277. The highest BCUT2D eigenvalue weighted by Crippen LogP contribution is 2.16. The summed E-state index contributed by atoms with van der Waals surface area (Å²) < 4.78 is 10.5. The van der Waals surface area contributed by atoms with Gasteiger partial charge in [0.15, 0.2) is 11.7 Å². The summed E-state index contributed by atoms with van der Waals surface area (Å²) in [6.07, 6.45) is 1.47. The van der Waals surface area contributed by atoms with E-state index >= 15 is 0 Å². The maximum atomic E-state index is 12.0. The lowest BCUT2D eigenvalue weighted by Gasteiger charge is -2.13. The zero-order valence-electron chi connectivity index (χ0n) is 17.1. The fourth-order valence-corrected chi connectivity index (χ4v) is 2.83. The molecule has 3 N–H and O–H groups in total. The number of para-hydroxylation sites is 1. The number of hydrogen-bond donors (Lipinski definition) is 3. The van der Waals surface area contributed by atoms with Gasteiger partial charge in [0, 0.05) is 24.3 Å². The molecule has 30 heavy (non-hydrogen) atoms. The molecule has 0 aliphatic rings. The average molecular weight is 406 g/mol. The molecule has 0 unspecified atom stereocenters. The second kappa shape index (κ2) is 10.7. The third-order valence-corrected chi connectivity index (χ3v) is 4.36. The number of aliphatic imine (C=N–C) groups is 1. The van der Waals surface area contributed by atoms with Gasteiger partial charge in [0.2, 0.25) is 0 Å². The largest absolute Gasteiger partial charge is 0.496 e. The molecule has 0 atom stereocenters. The highest BCUT2D eigenvalue weighted by atomic mass is 16.5. The summed E-state index contributed by atoms with van der Waals surface area (Å²) in [5, 5.41) is 9.37. The maximum absolute atomic E-state index is 12.0. The number of anilines is 1. The summed E-state index contributed by atoms with van der Waals surface area (Å²) in [4.78, 5) is 16.7. The van der Waals surface area contributed by atoms with E-state index in [2.05, 4.69) is 20.9 Å². The number of carbonyl (C=O) groups excluding carboxylic acids is 1. The smallest absolute Gasteiger partial charge is 0.291 e. The molecular weight excluding hydrogens is 380 g/mol. The van der Waals surface area contributed by atoms with Crippen molar-refractivity contribution in [3.63, 3.8) is 0 Å². The Bertz CT molecular complexity index is 966. The van der Waals surface area contributed by atoms with E-state index < -0.39 is 0 Å². The Hall–Kier alpha value is -3.74. The number of ether oxygens (including phenoxy) is 1. The fourth-order valence-electron chi connectivity index (χ4n) is 2.83. The number of carbonyl (C=O) groups is 1. The lowest BCUT2D eigenvalue weighted by Crippen LogP contribution is -2.36. The van der Waals surface area contributed by atoms with E-state index in [0.717, 1.165) is 29.4 Å². The Morgan fingerprint density at radius 2 is 1.83 bits per heavy atom. The molecule has 0 saturated carbocycles. The van der Waals surface area contributed by atoms with Crippen LogP contribution in [0.2, 0.25) is 0 Å². The first-order valence-corrected chi connectivity index (χ1v) is 9.77. The Labute approximate surface area is 176 Å². The van der Waals surface area contributed by atoms with Gasteiger partial charge in [0.05, 0.1) is 19.9 Å². The lowest BCUT2D eigenvalue weighted by molar-refractivity contribution is 0.0996. The first-order chi connectivity index (χ1) is 14.7. The third-order valence-electron chi connectivity index (χ3n) is 4.36. The van der Waals surface area contributed by atoms with E-state index in [9.17, 15) is 4.79 Å². The summed E-state index contributed by atoms with van der Waals surface area (Å²) >= 11 is 0. The van der Waals surface area contributed by atoms with Gasteiger partial charge >= 0.3 is 0 Å². The number of nitrogens with zero attached hydrogens (tertiary/aromatic N) is 1. The Morgan fingerprint density at radius 1 is 1.03 bits per heavy atom. The van der Waals surface area contributed by atoms with Gasteiger partial charge in [-0.15, -0.1) is 0 Å². The van der Waals surface area contributed by atoms with Gasteiger partial charge in [-0.25, -0.2) is 4.99 Å². The van der Waals surface area contributed by atoms with Crippen molar-refractivity contribution in [3.05, 3.63) is 83.8 Å². The molecule has 156 valence electrons. The van der Waals surface area contributed by atoms with Crippen molar-refractivity contribution in [2.45, 2.75) is 20.0 Å². The molecule has 3 rings (SSSR count). The molecule has 0 bridgehead atoms. The first-order valence-electron chi connectivity index (χ1n) is 9.77. The molecule has 0 fully saturated rings. The van der Waals surface area contributed by atoms with Crippen LogP contribution in [-0.4, -0.2) is 25.5 Å². The summed E-state index contributed by atoms with van der Waals surface area (Å²) in [5.41, 5.74) is 2.79. The molecule has 1 heterocycles. The fraction of sp³-hybridized carbons (Fsp3) is 0.217. The molecule has 1 aromatic heterocycles. The zero-order valence-corrected chi connectivity index (χ0v) is 17.1. The molecule has 2 aromatic carbocycles. The Kier molecular flexibility index (Phi) is 7.49.